The van der Waals surface area contributed by atoms with Crippen LogP contribution in [0.4, 0.5) is 4.39 Å². The van der Waals surface area contributed by atoms with Crippen LogP contribution in [0.5, 0.6) is 5.75 Å². The third-order valence-electron chi connectivity index (χ3n) is 4.48. The average molecular weight is 401 g/mol. The number of nitrogens with one attached hydrogen (secondary N) is 2. The van der Waals surface area contributed by atoms with Crippen LogP contribution in [0.25, 0.3) is 0 Å². The van der Waals surface area contributed by atoms with Crippen LogP contribution in [0.1, 0.15) is 26.7 Å². The molecule has 1 fully saturated rings. The van der Waals surface area contributed by atoms with E-state index in [4.69, 9.17) is 4.74 Å². The second-order valence-corrected chi connectivity index (χ2v) is 8.81. The number of aliphatic imine (C=N–C) groups is 1. The molecule has 7 nitrogen and oxygen atoms in total. The number of piperidine rings is 1. The smallest absolute Gasteiger partial charge is 0.213 e. The molecule has 1 aliphatic rings. The Bertz CT molecular complexity index is 717. The lowest BCUT2D eigenvalue weighted by atomic mass is 10.1. The van der Waals surface area contributed by atoms with Crippen molar-refractivity contribution < 1.29 is 17.5 Å². The van der Waals surface area contributed by atoms with Crippen molar-refractivity contribution in [2.24, 2.45) is 4.99 Å². The Balaban J connectivity index is 1.75. The summed E-state index contributed by atoms with van der Waals surface area (Å²) in [6.45, 7) is 5.16. The van der Waals surface area contributed by atoms with Gasteiger partial charge in [-0.1, -0.05) is 0 Å². The molecule has 0 bridgehead atoms. The van der Waals surface area contributed by atoms with Crippen LogP contribution >= 0.6 is 0 Å². The van der Waals surface area contributed by atoms with E-state index in [1.807, 2.05) is 6.92 Å². The maximum absolute atomic E-state index is 12.9. The van der Waals surface area contributed by atoms with E-state index in [-0.39, 0.29) is 23.7 Å². The minimum Gasteiger partial charge on any atom is -0.489 e. The Labute approximate surface area is 161 Å². The first-order valence-corrected chi connectivity index (χ1v) is 10.8. The molecule has 0 amide bonds. The lowest BCUT2D eigenvalue weighted by Gasteiger charge is -2.32. The molecule has 152 valence electrons. The van der Waals surface area contributed by atoms with Crippen LogP contribution in [-0.4, -0.2) is 63.3 Å². The first kappa shape index (κ1) is 21.4. The predicted molar refractivity (Wildman–Crippen MR) is 105 cm³/mol. The zero-order valence-electron chi connectivity index (χ0n) is 16.1. The molecule has 2 rings (SSSR count). The van der Waals surface area contributed by atoms with E-state index in [1.54, 1.807) is 30.4 Å². The highest BCUT2D eigenvalue weighted by Gasteiger charge is 2.27. The zero-order valence-corrected chi connectivity index (χ0v) is 16.9. The SMILES string of the molecule is CCS(=O)(=O)N1CCC(NC(=NC)NCC(C)Oc2ccc(F)cc2)CC1. The Morgan fingerprint density at radius 3 is 2.52 bits per heavy atom. The molecule has 2 N–H and O–H groups in total. The van der Waals surface area contributed by atoms with E-state index in [9.17, 15) is 12.8 Å². The summed E-state index contributed by atoms with van der Waals surface area (Å²) < 4.78 is 44.1. The molecule has 0 aliphatic carbocycles. The van der Waals surface area contributed by atoms with Crippen LogP contribution in [0.3, 0.4) is 0 Å². The minimum absolute atomic E-state index is 0.134. The van der Waals surface area contributed by atoms with Crippen molar-refractivity contribution in [3.63, 3.8) is 0 Å². The van der Waals surface area contributed by atoms with Gasteiger partial charge in [-0.15, -0.1) is 0 Å². The highest BCUT2D eigenvalue weighted by molar-refractivity contribution is 7.89. The van der Waals surface area contributed by atoms with Crippen LogP contribution in [-0.2, 0) is 10.0 Å². The van der Waals surface area contributed by atoms with Crippen molar-refractivity contribution in [3.8, 4) is 5.75 Å². The molecule has 0 saturated carbocycles. The molecule has 0 spiro atoms. The fourth-order valence-electron chi connectivity index (χ4n) is 2.88. The summed E-state index contributed by atoms with van der Waals surface area (Å²) in [6.07, 6.45) is 1.34. The molecule has 1 unspecified atom stereocenters. The Kier molecular flexibility index (Phi) is 7.85. The summed E-state index contributed by atoms with van der Waals surface area (Å²) in [5.74, 6) is 1.11. The predicted octanol–water partition coefficient (Wildman–Crippen LogP) is 1.57. The van der Waals surface area contributed by atoms with E-state index < -0.39 is 10.0 Å². The number of halogens is 1. The molecule has 27 heavy (non-hydrogen) atoms. The van der Waals surface area contributed by atoms with E-state index in [1.165, 1.54) is 12.1 Å². The fourth-order valence-corrected chi connectivity index (χ4v) is 4.01. The Morgan fingerprint density at radius 1 is 1.33 bits per heavy atom. The monoisotopic (exact) mass is 400 g/mol. The van der Waals surface area contributed by atoms with Gasteiger partial charge < -0.3 is 15.4 Å². The summed E-state index contributed by atoms with van der Waals surface area (Å²) in [5.41, 5.74) is 0. The number of rotatable bonds is 7. The van der Waals surface area contributed by atoms with E-state index in [0.29, 0.717) is 31.3 Å². The van der Waals surface area contributed by atoms with Gasteiger partial charge in [-0.05, 0) is 51.0 Å². The third kappa shape index (κ3) is 6.66. The first-order chi connectivity index (χ1) is 12.8. The summed E-state index contributed by atoms with van der Waals surface area (Å²) in [5, 5.41) is 6.54. The van der Waals surface area contributed by atoms with Crippen molar-refractivity contribution >= 4 is 16.0 Å². The average Bonchev–Trinajstić information content (AvgIpc) is 2.67. The maximum atomic E-state index is 12.9. The van der Waals surface area contributed by atoms with Crippen LogP contribution in [0.2, 0.25) is 0 Å². The van der Waals surface area contributed by atoms with Gasteiger partial charge >= 0.3 is 0 Å². The van der Waals surface area contributed by atoms with Crippen LogP contribution < -0.4 is 15.4 Å². The van der Waals surface area contributed by atoms with Crippen LogP contribution in [0.15, 0.2) is 29.3 Å². The summed E-state index contributed by atoms with van der Waals surface area (Å²) in [6, 6.07) is 6.09. The summed E-state index contributed by atoms with van der Waals surface area (Å²) in [7, 11) is -1.42. The quantitative estimate of drug-likeness (QED) is 0.536. The van der Waals surface area contributed by atoms with Crippen molar-refractivity contribution in [1.29, 1.82) is 0 Å². The maximum Gasteiger partial charge on any atom is 0.213 e. The minimum atomic E-state index is -3.11. The molecular weight excluding hydrogens is 371 g/mol. The Hall–Kier alpha value is -1.87. The van der Waals surface area contributed by atoms with Crippen LogP contribution in [0, 0.1) is 5.82 Å². The number of hydrogen-bond donors (Lipinski definition) is 2. The lowest BCUT2D eigenvalue weighted by molar-refractivity contribution is 0.223. The number of hydrogen-bond acceptors (Lipinski definition) is 4. The largest absolute Gasteiger partial charge is 0.489 e. The molecule has 0 aromatic heterocycles. The van der Waals surface area contributed by atoms with Gasteiger partial charge in [0.1, 0.15) is 17.7 Å². The van der Waals surface area contributed by atoms with Gasteiger partial charge in [0.25, 0.3) is 0 Å². The standard InChI is InChI=1S/C18H29FN4O3S/c1-4-27(24,25)23-11-9-16(10-12-23)22-18(20-3)21-13-14(2)26-17-7-5-15(19)6-8-17/h5-8,14,16H,4,9-13H2,1-3H3,(H2,20,21,22). The van der Waals surface area contributed by atoms with Crippen molar-refractivity contribution in [1.82, 2.24) is 14.9 Å². The van der Waals surface area contributed by atoms with Gasteiger partial charge in [-0.3, -0.25) is 4.99 Å². The second kappa shape index (κ2) is 9.89. The Morgan fingerprint density at radius 2 is 1.96 bits per heavy atom. The topological polar surface area (TPSA) is 83.0 Å². The molecule has 1 saturated heterocycles. The summed E-state index contributed by atoms with van der Waals surface area (Å²) in [4.78, 5) is 4.21. The number of guanidine groups is 1. The highest BCUT2D eigenvalue weighted by atomic mass is 32.2. The van der Waals surface area contributed by atoms with Gasteiger partial charge in [-0.2, -0.15) is 0 Å². The van der Waals surface area contributed by atoms with E-state index >= 15 is 0 Å². The molecule has 1 aromatic carbocycles. The van der Waals surface area contributed by atoms with Gasteiger partial charge in [0, 0.05) is 26.2 Å². The molecule has 1 heterocycles. The fraction of sp³-hybridized carbons (Fsp3) is 0.611. The third-order valence-corrected chi connectivity index (χ3v) is 6.37. The highest BCUT2D eigenvalue weighted by Crippen LogP contribution is 2.15. The zero-order chi connectivity index (χ0) is 19.9. The molecule has 9 heteroatoms. The molecule has 1 atom stereocenters. The lowest BCUT2D eigenvalue weighted by Crippen LogP contribution is -2.51. The number of nitrogens with zero attached hydrogens (tertiary/aromatic N) is 2. The van der Waals surface area contributed by atoms with Crippen molar-refractivity contribution in [2.45, 2.75) is 38.8 Å². The van der Waals surface area contributed by atoms with E-state index in [2.05, 4.69) is 15.6 Å². The summed E-state index contributed by atoms with van der Waals surface area (Å²) >= 11 is 0. The van der Waals surface area contributed by atoms with Gasteiger partial charge in [0.2, 0.25) is 10.0 Å². The van der Waals surface area contributed by atoms with Gasteiger partial charge in [0.05, 0.1) is 12.3 Å². The normalized spacial score (nSPS) is 18.1. The molecule has 1 aliphatic heterocycles. The number of benzene rings is 1. The molecule has 0 radical (unpaired) electrons. The van der Waals surface area contributed by atoms with Crippen molar-refractivity contribution in [2.75, 3.05) is 32.4 Å². The van der Waals surface area contributed by atoms with Gasteiger partial charge in [-0.25, -0.2) is 17.1 Å². The molecule has 1 aromatic rings. The van der Waals surface area contributed by atoms with Gasteiger partial charge in [0.15, 0.2) is 5.96 Å². The second-order valence-electron chi connectivity index (χ2n) is 6.55. The van der Waals surface area contributed by atoms with E-state index in [0.717, 1.165) is 12.8 Å². The van der Waals surface area contributed by atoms with Crippen molar-refractivity contribution in [3.05, 3.63) is 30.1 Å². The number of sulfonamides is 1. The number of ether oxygens (including phenoxy) is 1. The first-order valence-electron chi connectivity index (χ1n) is 9.21. The molecular formula is C18H29FN4O3S.